The van der Waals surface area contributed by atoms with Crippen molar-refractivity contribution in [2.45, 2.75) is 290 Å². The Morgan fingerprint density at radius 1 is 0.263 bits per heavy atom. The number of rotatable bonds is 58. The van der Waals surface area contributed by atoms with Gasteiger partial charge in [-0.15, -0.1) is 0 Å². The second-order valence-corrected chi connectivity index (χ2v) is 21.3. The lowest BCUT2D eigenvalue weighted by Crippen LogP contribution is -2.30. The largest absolute Gasteiger partial charge is 0.462 e. The summed E-state index contributed by atoms with van der Waals surface area (Å²) in [7, 11) is 0. The number of hydrogen-bond acceptors (Lipinski definition) is 6. The van der Waals surface area contributed by atoms with Crippen molar-refractivity contribution < 1.29 is 28.6 Å². The molecule has 0 spiro atoms. The molecule has 1 atom stereocenters. The van der Waals surface area contributed by atoms with Gasteiger partial charge in [0, 0.05) is 19.3 Å². The van der Waals surface area contributed by atoms with Crippen LogP contribution in [-0.4, -0.2) is 37.2 Å². The molecule has 0 aliphatic rings. The molecule has 0 rings (SSSR count). The van der Waals surface area contributed by atoms with Crippen molar-refractivity contribution >= 4 is 17.9 Å². The monoisotopic (exact) mass is 1100 g/mol. The number of ether oxygens (including phenoxy) is 3. The molecular weight excluding hydrogens is 985 g/mol. The molecule has 0 saturated carbocycles. The number of carbonyl (C=O) groups excluding carboxylic acids is 3. The van der Waals surface area contributed by atoms with E-state index in [9.17, 15) is 14.4 Å². The van der Waals surface area contributed by atoms with E-state index in [1.807, 2.05) is 0 Å². The highest BCUT2D eigenvalue weighted by Crippen LogP contribution is 2.15. The molecule has 1 unspecified atom stereocenters. The van der Waals surface area contributed by atoms with Crippen LogP contribution < -0.4 is 0 Å². The van der Waals surface area contributed by atoms with Crippen LogP contribution in [0.4, 0.5) is 0 Å². The van der Waals surface area contributed by atoms with Crippen molar-refractivity contribution in [3.05, 3.63) is 146 Å². The van der Waals surface area contributed by atoms with Gasteiger partial charge in [-0.3, -0.25) is 14.4 Å². The van der Waals surface area contributed by atoms with Crippen LogP contribution in [0.1, 0.15) is 284 Å². The Bertz CT molecular complexity index is 1750. The lowest BCUT2D eigenvalue weighted by Gasteiger charge is -2.18. The van der Waals surface area contributed by atoms with Gasteiger partial charge in [-0.25, -0.2) is 0 Å². The van der Waals surface area contributed by atoms with E-state index < -0.39 is 6.10 Å². The third-order valence-corrected chi connectivity index (χ3v) is 13.6. The molecule has 0 bridgehead atoms. The SMILES string of the molecule is CC/C=C\C/C=C\C/C=C\C/C=C\C/C=C\C/C=C\C/C=C\C/C=C\CCCCCCCCC(=O)OCC(COC(=O)CCCCCCCCCCCCCC)OC(=O)CCCCCCCC/C=C\C/C=C\C/C=C\C/C=C\CC. The molecule has 0 radical (unpaired) electrons. The zero-order valence-electron chi connectivity index (χ0n) is 51.8. The summed E-state index contributed by atoms with van der Waals surface area (Å²) in [5.41, 5.74) is 0. The minimum atomic E-state index is -0.797. The lowest BCUT2D eigenvalue weighted by atomic mass is 10.0. The van der Waals surface area contributed by atoms with Gasteiger partial charge in [-0.2, -0.15) is 0 Å². The van der Waals surface area contributed by atoms with Gasteiger partial charge in [0.2, 0.25) is 0 Å². The van der Waals surface area contributed by atoms with E-state index >= 15 is 0 Å². The molecule has 0 aromatic rings. The average Bonchev–Trinajstić information content (AvgIpc) is 3.46. The highest BCUT2D eigenvalue weighted by atomic mass is 16.6. The molecule has 0 fully saturated rings. The van der Waals surface area contributed by atoms with Crippen LogP contribution in [0.3, 0.4) is 0 Å². The molecular formula is C74H120O6. The van der Waals surface area contributed by atoms with Gasteiger partial charge in [0.25, 0.3) is 0 Å². The van der Waals surface area contributed by atoms with Crippen LogP contribution in [0.5, 0.6) is 0 Å². The van der Waals surface area contributed by atoms with Crippen molar-refractivity contribution in [3.63, 3.8) is 0 Å². The molecule has 0 N–H and O–H groups in total. The number of allylic oxidation sites excluding steroid dienone is 24. The second kappa shape index (κ2) is 66.8. The minimum absolute atomic E-state index is 0.0909. The van der Waals surface area contributed by atoms with E-state index in [4.69, 9.17) is 14.2 Å². The molecule has 0 amide bonds. The van der Waals surface area contributed by atoms with Gasteiger partial charge in [0.1, 0.15) is 13.2 Å². The highest BCUT2D eigenvalue weighted by Gasteiger charge is 2.19. The maximum atomic E-state index is 12.9. The van der Waals surface area contributed by atoms with Crippen molar-refractivity contribution in [1.82, 2.24) is 0 Å². The smallest absolute Gasteiger partial charge is 0.306 e. The minimum Gasteiger partial charge on any atom is -0.462 e. The summed E-state index contributed by atoms with van der Waals surface area (Å²) >= 11 is 0. The van der Waals surface area contributed by atoms with Crippen LogP contribution in [-0.2, 0) is 28.6 Å². The van der Waals surface area contributed by atoms with E-state index in [2.05, 4.69) is 167 Å². The van der Waals surface area contributed by atoms with Crippen molar-refractivity contribution in [1.29, 1.82) is 0 Å². The Labute approximate surface area is 493 Å². The fourth-order valence-corrected chi connectivity index (χ4v) is 8.74. The Morgan fingerprint density at radius 3 is 0.762 bits per heavy atom. The Balaban J connectivity index is 4.35. The summed E-state index contributed by atoms with van der Waals surface area (Å²) in [6.07, 6.45) is 95.6. The molecule has 0 aliphatic heterocycles. The molecule has 6 heteroatoms. The van der Waals surface area contributed by atoms with Gasteiger partial charge in [-0.1, -0.05) is 289 Å². The predicted molar refractivity (Wildman–Crippen MR) is 348 cm³/mol. The van der Waals surface area contributed by atoms with E-state index in [0.717, 1.165) is 161 Å². The summed E-state index contributed by atoms with van der Waals surface area (Å²) in [4.78, 5) is 38.3. The quantitative estimate of drug-likeness (QED) is 0.0261. The summed E-state index contributed by atoms with van der Waals surface area (Å²) in [6.45, 7) is 6.39. The van der Waals surface area contributed by atoms with Crippen LogP contribution in [0.25, 0.3) is 0 Å². The summed E-state index contributed by atoms with van der Waals surface area (Å²) in [5.74, 6) is -0.919. The van der Waals surface area contributed by atoms with Crippen molar-refractivity contribution in [3.8, 4) is 0 Å². The van der Waals surface area contributed by atoms with E-state index in [1.165, 1.54) is 83.5 Å². The molecule has 0 aromatic heterocycles. The Kier molecular flexibility index (Phi) is 62.9. The van der Waals surface area contributed by atoms with Crippen LogP contribution in [0.2, 0.25) is 0 Å². The summed E-state index contributed by atoms with van der Waals surface area (Å²) in [5, 5.41) is 0. The standard InChI is InChI=1S/C74H120O6/c1-4-7-10-13-16-19-22-25-27-29-31-32-33-34-35-36-37-38-39-40-41-42-44-45-47-49-52-55-58-61-64-67-73(76)79-70-71(69-78-72(75)66-63-60-57-54-51-24-21-18-15-12-9-6-3)80-74(77)68-65-62-59-56-53-50-48-46-43-30-28-26-23-20-17-14-11-8-5-2/h7-8,10-11,16-17,19-20,25-28,31-32,34-35,37-38,40-41,43-46,71H,4-6,9,12-15,18,21-24,29-30,33,36,39,42,47-70H2,1-3H3/b10-7-,11-8-,19-16-,20-17-,27-25-,28-26-,32-31-,35-34-,38-37-,41-40-,45-44-,46-43-. The zero-order valence-corrected chi connectivity index (χ0v) is 51.8. The molecule has 80 heavy (non-hydrogen) atoms. The Hall–Kier alpha value is -4.71. The van der Waals surface area contributed by atoms with Gasteiger partial charge in [-0.05, 0) is 122 Å². The Morgan fingerprint density at radius 2 is 0.487 bits per heavy atom. The molecule has 0 heterocycles. The van der Waals surface area contributed by atoms with E-state index in [-0.39, 0.29) is 31.1 Å². The molecule has 0 saturated heterocycles. The highest BCUT2D eigenvalue weighted by molar-refractivity contribution is 5.71. The van der Waals surface area contributed by atoms with Crippen LogP contribution >= 0.6 is 0 Å². The first-order valence-corrected chi connectivity index (χ1v) is 32.8. The van der Waals surface area contributed by atoms with E-state index in [1.54, 1.807) is 0 Å². The van der Waals surface area contributed by atoms with Gasteiger partial charge < -0.3 is 14.2 Å². The first-order chi connectivity index (χ1) is 39.5. The number of carbonyl (C=O) groups is 3. The second-order valence-electron chi connectivity index (χ2n) is 21.3. The fourth-order valence-electron chi connectivity index (χ4n) is 8.74. The zero-order chi connectivity index (χ0) is 57.8. The third kappa shape index (κ3) is 64.1. The topological polar surface area (TPSA) is 78.9 Å². The number of esters is 3. The van der Waals surface area contributed by atoms with Crippen molar-refractivity contribution in [2.24, 2.45) is 0 Å². The summed E-state index contributed by atoms with van der Waals surface area (Å²) < 4.78 is 16.9. The van der Waals surface area contributed by atoms with Gasteiger partial charge >= 0.3 is 17.9 Å². The maximum Gasteiger partial charge on any atom is 0.306 e. The van der Waals surface area contributed by atoms with E-state index in [0.29, 0.717) is 19.3 Å². The predicted octanol–water partition coefficient (Wildman–Crippen LogP) is 22.7. The molecule has 0 aromatic carbocycles. The molecule has 0 aliphatic carbocycles. The maximum absolute atomic E-state index is 12.9. The number of hydrogen-bond donors (Lipinski definition) is 0. The normalized spacial score (nSPS) is 13.1. The van der Waals surface area contributed by atoms with Crippen LogP contribution in [0.15, 0.2) is 146 Å². The fraction of sp³-hybridized carbons (Fsp3) is 0.635. The van der Waals surface area contributed by atoms with Crippen molar-refractivity contribution in [2.75, 3.05) is 13.2 Å². The van der Waals surface area contributed by atoms with Crippen LogP contribution in [0, 0.1) is 0 Å². The van der Waals surface area contributed by atoms with Gasteiger partial charge in [0.15, 0.2) is 6.10 Å². The average molecular weight is 1110 g/mol. The first kappa shape index (κ1) is 75.3. The third-order valence-electron chi connectivity index (χ3n) is 13.6. The summed E-state index contributed by atoms with van der Waals surface area (Å²) in [6, 6.07) is 0. The number of unbranched alkanes of at least 4 members (excludes halogenated alkanes) is 23. The molecule has 452 valence electrons. The molecule has 6 nitrogen and oxygen atoms in total. The lowest BCUT2D eigenvalue weighted by molar-refractivity contribution is -0.167. The van der Waals surface area contributed by atoms with Gasteiger partial charge in [0.05, 0.1) is 0 Å². The first-order valence-electron chi connectivity index (χ1n) is 32.8.